The van der Waals surface area contributed by atoms with Crippen LogP contribution in [0.4, 0.5) is 0 Å². The van der Waals surface area contributed by atoms with Crippen LogP contribution in [-0.4, -0.2) is 22.2 Å². The maximum Gasteiger partial charge on any atom is 0.275 e. The first-order chi connectivity index (χ1) is 11.6. The van der Waals surface area contributed by atoms with Gasteiger partial charge in [0.15, 0.2) is 5.69 Å². The zero-order valence-corrected chi connectivity index (χ0v) is 13.9. The number of aryl methyl sites for hydroxylation is 1. The summed E-state index contributed by atoms with van der Waals surface area (Å²) in [4.78, 5) is 24.8. The predicted molar refractivity (Wildman–Crippen MR) is 94.5 cm³/mol. The van der Waals surface area contributed by atoms with Gasteiger partial charge < -0.3 is 5.32 Å². The molecule has 24 heavy (non-hydrogen) atoms. The molecule has 3 rings (SSSR count). The number of fused-ring (bicyclic) bond motifs is 1. The van der Waals surface area contributed by atoms with Crippen molar-refractivity contribution in [2.24, 2.45) is 7.05 Å². The highest BCUT2D eigenvalue weighted by Crippen LogP contribution is 2.15. The Morgan fingerprint density at radius 3 is 2.71 bits per heavy atom. The lowest BCUT2D eigenvalue weighted by molar-refractivity contribution is 0.0946. The predicted octanol–water partition coefficient (Wildman–Crippen LogP) is 2.56. The first-order valence-electron chi connectivity index (χ1n) is 7.55. The fourth-order valence-electron chi connectivity index (χ4n) is 2.55. The smallest absolute Gasteiger partial charge is 0.275 e. The van der Waals surface area contributed by atoms with E-state index in [1.54, 1.807) is 25.2 Å². The molecular weight excluding hydrogens is 326 g/mol. The van der Waals surface area contributed by atoms with E-state index in [1.165, 1.54) is 4.68 Å². The Morgan fingerprint density at radius 1 is 1.21 bits per heavy atom. The summed E-state index contributed by atoms with van der Waals surface area (Å²) in [6.45, 7) is 0.432. The normalized spacial score (nSPS) is 10.8. The van der Waals surface area contributed by atoms with Crippen LogP contribution >= 0.6 is 11.6 Å². The van der Waals surface area contributed by atoms with E-state index in [0.717, 1.165) is 5.56 Å². The largest absolute Gasteiger partial charge is 0.350 e. The number of benzene rings is 2. The minimum absolute atomic E-state index is 0.125. The molecule has 0 fully saturated rings. The van der Waals surface area contributed by atoms with Crippen molar-refractivity contribution in [3.05, 3.63) is 75.0 Å². The first-order valence-corrected chi connectivity index (χ1v) is 7.93. The molecule has 1 heterocycles. The third-order valence-electron chi connectivity index (χ3n) is 3.77. The molecule has 6 heteroatoms. The van der Waals surface area contributed by atoms with Gasteiger partial charge in [-0.25, -0.2) is 0 Å². The molecule has 5 nitrogen and oxygen atoms in total. The zero-order chi connectivity index (χ0) is 17.1. The Hall–Kier alpha value is -2.66. The maximum absolute atomic E-state index is 12.5. The number of halogens is 1. The van der Waals surface area contributed by atoms with Crippen LogP contribution in [0.1, 0.15) is 16.1 Å². The van der Waals surface area contributed by atoms with Crippen molar-refractivity contribution in [2.45, 2.75) is 6.42 Å². The van der Waals surface area contributed by atoms with Crippen molar-refractivity contribution in [2.75, 3.05) is 6.54 Å². The second-order valence-electron chi connectivity index (χ2n) is 5.45. The summed E-state index contributed by atoms with van der Waals surface area (Å²) in [5.74, 6) is -0.478. The average molecular weight is 342 g/mol. The average Bonchev–Trinajstić information content (AvgIpc) is 2.58. The minimum Gasteiger partial charge on any atom is -0.350 e. The van der Waals surface area contributed by atoms with Crippen molar-refractivity contribution in [3.63, 3.8) is 0 Å². The zero-order valence-electron chi connectivity index (χ0n) is 13.1. The second-order valence-corrected chi connectivity index (χ2v) is 5.89. The Bertz CT molecular complexity index is 952. The monoisotopic (exact) mass is 341 g/mol. The summed E-state index contributed by atoms with van der Waals surface area (Å²) < 4.78 is 1.51. The van der Waals surface area contributed by atoms with Crippen molar-refractivity contribution in [1.82, 2.24) is 15.1 Å². The Morgan fingerprint density at radius 2 is 1.96 bits per heavy atom. The van der Waals surface area contributed by atoms with Crippen LogP contribution in [0.15, 0.2) is 53.3 Å². The van der Waals surface area contributed by atoms with Crippen LogP contribution in [0.3, 0.4) is 0 Å². The summed E-state index contributed by atoms with van der Waals surface area (Å²) in [5, 5.41) is 7.68. The number of hydrogen-bond acceptors (Lipinski definition) is 3. The van der Waals surface area contributed by atoms with Crippen LogP contribution < -0.4 is 10.7 Å². The number of aromatic nitrogens is 2. The summed E-state index contributed by atoms with van der Waals surface area (Å²) >= 11 is 5.96. The lowest BCUT2D eigenvalue weighted by Crippen LogP contribution is -2.33. The van der Waals surface area contributed by atoms with Crippen LogP contribution in [-0.2, 0) is 13.5 Å². The van der Waals surface area contributed by atoms with Gasteiger partial charge in [0.1, 0.15) is 0 Å². The van der Waals surface area contributed by atoms with Crippen LogP contribution in [0.2, 0.25) is 5.02 Å². The quantitative estimate of drug-likeness (QED) is 0.793. The molecule has 0 spiro atoms. The molecule has 0 radical (unpaired) electrons. The number of hydrogen-bond donors (Lipinski definition) is 1. The van der Waals surface area contributed by atoms with E-state index in [0.29, 0.717) is 28.9 Å². The lowest BCUT2D eigenvalue weighted by atomic mass is 10.1. The van der Waals surface area contributed by atoms with Crippen LogP contribution in [0.5, 0.6) is 0 Å². The number of carbonyl (C=O) groups excluding carboxylic acids is 1. The topological polar surface area (TPSA) is 64.0 Å². The molecule has 3 aromatic rings. The number of amides is 1. The van der Waals surface area contributed by atoms with E-state index >= 15 is 0 Å². The molecule has 122 valence electrons. The van der Waals surface area contributed by atoms with E-state index in [4.69, 9.17) is 11.6 Å². The van der Waals surface area contributed by atoms with E-state index < -0.39 is 11.3 Å². The molecule has 2 aromatic carbocycles. The summed E-state index contributed by atoms with van der Waals surface area (Å²) in [6.07, 6.45) is 0.687. The molecule has 0 aliphatic rings. The number of nitrogens with zero attached hydrogens (tertiary/aromatic N) is 2. The van der Waals surface area contributed by atoms with Crippen molar-refractivity contribution in [3.8, 4) is 0 Å². The highest BCUT2D eigenvalue weighted by Gasteiger charge is 2.16. The molecule has 1 amide bonds. The Kier molecular flexibility index (Phi) is 4.62. The third-order valence-corrected chi connectivity index (χ3v) is 4.01. The summed E-state index contributed by atoms with van der Waals surface area (Å²) in [6, 6.07) is 14.8. The number of nitrogens with one attached hydrogen (secondary N) is 1. The maximum atomic E-state index is 12.5. The standard InChI is InChI=1S/C18H16ClN3O2/c1-22-15-8-7-13(19)11-14(15)17(23)16(21-22)18(24)20-10-9-12-5-3-2-4-6-12/h2-8,11H,9-10H2,1H3,(H,20,24). The fraction of sp³-hybridized carbons (Fsp3) is 0.167. The van der Waals surface area contributed by atoms with Crippen molar-refractivity contribution < 1.29 is 4.79 Å². The molecule has 0 unspecified atom stereocenters. The van der Waals surface area contributed by atoms with E-state index in [2.05, 4.69) is 10.4 Å². The Labute approximate surface area is 143 Å². The van der Waals surface area contributed by atoms with Gasteiger partial charge >= 0.3 is 0 Å². The van der Waals surface area contributed by atoms with Gasteiger partial charge in [-0.15, -0.1) is 0 Å². The molecule has 0 bridgehead atoms. The highest BCUT2D eigenvalue weighted by molar-refractivity contribution is 6.31. The highest BCUT2D eigenvalue weighted by atomic mass is 35.5. The SMILES string of the molecule is Cn1nc(C(=O)NCCc2ccccc2)c(=O)c2cc(Cl)ccc21. The van der Waals surface area contributed by atoms with Gasteiger partial charge in [0.2, 0.25) is 5.43 Å². The van der Waals surface area contributed by atoms with Gasteiger partial charge in [-0.05, 0) is 30.2 Å². The third kappa shape index (κ3) is 3.31. The molecule has 0 atom stereocenters. The van der Waals surface area contributed by atoms with Crippen molar-refractivity contribution >= 4 is 28.4 Å². The van der Waals surface area contributed by atoms with Gasteiger partial charge in [-0.1, -0.05) is 41.9 Å². The molecule has 0 aliphatic carbocycles. The summed E-state index contributed by atoms with van der Waals surface area (Å²) in [5.41, 5.74) is 1.21. The lowest BCUT2D eigenvalue weighted by Gasteiger charge is -2.09. The van der Waals surface area contributed by atoms with E-state index in [1.807, 2.05) is 30.3 Å². The number of rotatable bonds is 4. The molecular formula is C18H16ClN3O2. The first kappa shape index (κ1) is 16.2. The van der Waals surface area contributed by atoms with E-state index in [-0.39, 0.29) is 5.69 Å². The molecule has 1 aromatic heterocycles. The molecule has 0 saturated heterocycles. The van der Waals surface area contributed by atoms with Crippen LogP contribution in [0.25, 0.3) is 10.9 Å². The minimum atomic E-state index is -0.478. The summed E-state index contributed by atoms with van der Waals surface area (Å²) in [7, 11) is 1.69. The van der Waals surface area contributed by atoms with Gasteiger partial charge in [0.05, 0.1) is 10.9 Å². The molecule has 0 aliphatic heterocycles. The fourth-order valence-corrected chi connectivity index (χ4v) is 2.72. The molecule has 1 N–H and O–H groups in total. The van der Waals surface area contributed by atoms with Crippen LogP contribution in [0, 0.1) is 0 Å². The van der Waals surface area contributed by atoms with E-state index in [9.17, 15) is 9.59 Å². The second kappa shape index (κ2) is 6.84. The molecule has 0 saturated carbocycles. The van der Waals surface area contributed by atoms with Gasteiger partial charge in [0, 0.05) is 18.6 Å². The van der Waals surface area contributed by atoms with Gasteiger partial charge in [-0.2, -0.15) is 5.10 Å². The Balaban J connectivity index is 1.82. The number of carbonyl (C=O) groups is 1. The van der Waals surface area contributed by atoms with Gasteiger partial charge in [0.25, 0.3) is 5.91 Å². The van der Waals surface area contributed by atoms with Crippen molar-refractivity contribution in [1.29, 1.82) is 0 Å². The van der Waals surface area contributed by atoms with Gasteiger partial charge in [-0.3, -0.25) is 14.3 Å².